The van der Waals surface area contributed by atoms with Crippen LogP contribution in [0.1, 0.15) is 77.0 Å². The molecule has 0 bridgehead atoms. The Morgan fingerprint density at radius 3 is 2.33 bits per heavy atom. The molecule has 3 heteroatoms. The van der Waals surface area contributed by atoms with Crippen molar-refractivity contribution in [3.05, 3.63) is 12.2 Å². The van der Waals surface area contributed by atoms with Crippen molar-refractivity contribution in [1.29, 1.82) is 0 Å². The lowest BCUT2D eigenvalue weighted by Gasteiger charge is -2.22. The zero-order valence-electron chi connectivity index (χ0n) is 13.6. The van der Waals surface area contributed by atoms with E-state index in [9.17, 15) is 0 Å². The normalized spacial score (nSPS) is 19.4. The van der Waals surface area contributed by atoms with Crippen LogP contribution in [0.3, 0.4) is 0 Å². The first kappa shape index (κ1) is 18.7. The van der Waals surface area contributed by atoms with Crippen molar-refractivity contribution >= 4 is 0 Å². The van der Waals surface area contributed by atoms with Gasteiger partial charge < -0.3 is 14.6 Å². The monoisotopic (exact) mass is 298 g/mol. The number of aliphatic hydroxyl groups is 1. The smallest absolute Gasteiger partial charge is 0.157 e. The van der Waals surface area contributed by atoms with Crippen molar-refractivity contribution in [2.24, 2.45) is 0 Å². The summed E-state index contributed by atoms with van der Waals surface area (Å²) < 4.78 is 11.3. The molecule has 1 aliphatic heterocycles. The molecule has 0 aliphatic carbocycles. The Balaban J connectivity index is 1.72. The molecule has 0 aromatic carbocycles. The highest BCUT2D eigenvalue weighted by molar-refractivity contribution is 4.80. The van der Waals surface area contributed by atoms with E-state index in [-0.39, 0.29) is 12.9 Å². The number of ether oxygens (including phenoxy) is 2. The molecule has 3 nitrogen and oxygen atoms in total. The quantitative estimate of drug-likeness (QED) is 0.399. The second kappa shape index (κ2) is 14.6. The van der Waals surface area contributed by atoms with Gasteiger partial charge in [-0.15, -0.1) is 0 Å². The van der Waals surface area contributed by atoms with E-state index < -0.39 is 0 Å². The van der Waals surface area contributed by atoms with E-state index in [1.54, 1.807) is 0 Å². The minimum absolute atomic E-state index is 0.0811. The van der Waals surface area contributed by atoms with Crippen LogP contribution >= 0.6 is 0 Å². The third-order valence-electron chi connectivity index (χ3n) is 3.92. The van der Waals surface area contributed by atoms with E-state index in [2.05, 4.69) is 12.2 Å². The summed E-state index contributed by atoms with van der Waals surface area (Å²) in [7, 11) is 0. The highest BCUT2D eigenvalue weighted by Gasteiger charge is 2.13. The number of rotatable bonds is 13. The van der Waals surface area contributed by atoms with E-state index in [1.807, 2.05) is 0 Å². The molecule has 1 fully saturated rings. The Morgan fingerprint density at radius 1 is 0.905 bits per heavy atom. The van der Waals surface area contributed by atoms with Gasteiger partial charge in [0.2, 0.25) is 0 Å². The predicted molar refractivity (Wildman–Crippen MR) is 87.3 cm³/mol. The van der Waals surface area contributed by atoms with E-state index in [0.29, 0.717) is 0 Å². The maximum Gasteiger partial charge on any atom is 0.157 e. The molecule has 1 saturated heterocycles. The third kappa shape index (κ3) is 11.9. The average Bonchev–Trinajstić information content (AvgIpc) is 2.53. The maximum absolute atomic E-state index is 8.63. The van der Waals surface area contributed by atoms with Gasteiger partial charge >= 0.3 is 0 Å². The van der Waals surface area contributed by atoms with Crippen LogP contribution in [0.15, 0.2) is 12.2 Å². The second-order valence-electron chi connectivity index (χ2n) is 5.91. The summed E-state index contributed by atoms with van der Waals surface area (Å²) in [6.07, 6.45) is 18.9. The summed E-state index contributed by atoms with van der Waals surface area (Å²) in [4.78, 5) is 0. The summed E-state index contributed by atoms with van der Waals surface area (Å²) >= 11 is 0. The van der Waals surface area contributed by atoms with Crippen LogP contribution in [-0.2, 0) is 9.47 Å². The zero-order valence-corrected chi connectivity index (χ0v) is 13.6. The molecule has 0 amide bonds. The highest BCUT2D eigenvalue weighted by Crippen LogP contribution is 2.14. The largest absolute Gasteiger partial charge is 0.396 e. The van der Waals surface area contributed by atoms with Crippen LogP contribution in [0.4, 0.5) is 0 Å². The van der Waals surface area contributed by atoms with Gasteiger partial charge in [-0.25, -0.2) is 0 Å². The molecule has 1 aliphatic rings. The summed E-state index contributed by atoms with van der Waals surface area (Å²) in [6, 6.07) is 0. The molecule has 124 valence electrons. The SMILES string of the molecule is OCC/C=C/CCCCCCCCCOC1CCCCO1. The summed E-state index contributed by atoms with van der Waals surface area (Å²) in [5.41, 5.74) is 0. The fourth-order valence-electron chi connectivity index (χ4n) is 2.62. The molecular formula is C18H34O3. The number of allylic oxidation sites excluding steroid dienone is 1. The van der Waals surface area contributed by atoms with Gasteiger partial charge in [0, 0.05) is 19.8 Å². The highest BCUT2D eigenvalue weighted by atomic mass is 16.7. The Labute approximate surface area is 130 Å². The van der Waals surface area contributed by atoms with Gasteiger partial charge in [-0.2, -0.15) is 0 Å². The molecule has 1 N–H and O–H groups in total. The van der Waals surface area contributed by atoms with Gasteiger partial charge in [0.1, 0.15) is 0 Å². The van der Waals surface area contributed by atoms with Crippen molar-refractivity contribution in [3.8, 4) is 0 Å². The van der Waals surface area contributed by atoms with E-state index >= 15 is 0 Å². The van der Waals surface area contributed by atoms with Crippen LogP contribution in [0.2, 0.25) is 0 Å². The first-order valence-electron chi connectivity index (χ1n) is 8.92. The van der Waals surface area contributed by atoms with Crippen molar-refractivity contribution < 1.29 is 14.6 Å². The van der Waals surface area contributed by atoms with Crippen molar-refractivity contribution in [3.63, 3.8) is 0 Å². The summed E-state index contributed by atoms with van der Waals surface area (Å²) in [5.74, 6) is 0. The lowest BCUT2D eigenvalue weighted by Crippen LogP contribution is -2.22. The van der Waals surface area contributed by atoms with Gasteiger partial charge in [-0.3, -0.25) is 0 Å². The first-order chi connectivity index (χ1) is 10.4. The fraction of sp³-hybridized carbons (Fsp3) is 0.889. The lowest BCUT2D eigenvalue weighted by atomic mass is 10.1. The Morgan fingerprint density at radius 2 is 1.62 bits per heavy atom. The summed E-state index contributed by atoms with van der Waals surface area (Å²) in [6.45, 7) is 2.01. The van der Waals surface area contributed by atoms with Crippen molar-refractivity contribution in [2.45, 2.75) is 83.3 Å². The number of hydrogen-bond donors (Lipinski definition) is 1. The van der Waals surface area contributed by atoms with Crippen LogP contribution in [0.25, 0.3) is 0 Å². The Kier molecular flexibility index (Phi) is 12.9. The van der Waals surface area contributed by atoms with Crippen LogP contribution in [0, 0.1) is 0 Å². The Hall–Kier alpha value is -0.380. The molecule has 1 heterocycles. The fourth-order valence-corrected chi connectivity index (χ4v) is 2.62. The van der Waals surface area contributed by atoms with Crippen LogP contribution in [0.5, 0.6) is 0 Å². The molecule has 1 atom stereocenters. The molecule has 1 unspecified atom stereocenters. The number of unbranched alkanes of at least 4 members (excludes halogenated alkanes) is 7. The third-order valence-corrected chi connectivity index (χ3v) is 3.92. The van der Waals surface area contributed by atoms with Gasteiger partial charge in [-0.1, -0.05) is 44.3 Å². The Bertz CT molecular complexity index is 235. The summed E-state index contributed by atoms with van der Waals surface area (Å²) in [5, 5.41) is 8.63. The lowest BCUT2D eigenvalue weighted by molar-refractivity contribution is -0.162. The van der Waals surface area contributed by atoms with E-state index in [1.165, 1.54) is 57.8 Å². The minimum atomic E-state index is 0.0811. The average molecular weight is 298 g/mol. The van der Waals surface area contributed by atoms with Crippen molar-refractivity contribution in [2.75, 3.05) is 19.8 Å². The minimum Gasteiger partial charge on any atom is -0.396 e. The molecule has 1 rings (SSSR count). The van der Waals surface area contributed by atoms with Gasteiger partial charge in [0.15, 0.2) is 6.29 Å². The second-order valence-corrected chi connectivity index (χ2v) is 5.91. The van der Waals surface area contributed by atoms with Crippen LogP contribution < -0.4 is 0 Å². The molecule has 0 saturated carbocycles. The van der Waals surface area contributed by atoms with Crippen molar-refractivity contribution in [1.82, 2.24) is 0 Å². The van der Waals surface area contributed by atoms with E-state index in [0.717, 1.165) is 32.5 Å². The molecule has 21 heavy (non-hydrogen) atoms. The van der Waals surface area contributed by atoms with Gasteiger partial charge in [0.25, 0.3) is 0 Å². The topological polar surface area (TPSA) is 38.7 Å². The van der Waals surface area contributed by atoms with Gasteiger partial charge in [-0.05, 0) is 44.9 Å². The zero-order chi connectivity index (χ0) is 15.0. The molecular weight excluding hydrogens is 264 g/mol. The number of aliphatic hydroxyl groups excluding tert-OH is 1. The maximum atomic E-state index is 8.63. The van der Waals surface area contributed by atoms with Gasteiger partial charge in [0.05, 0.1) is 0 Å². The standard InChI is InChI=1S/C18H34O3/c19-15-11-8-6-4-2-1-3-5-7-9-12-16-20-18-14-10-13-17-21-18/h6,8,18-19H,1-5,7,9-17H2/b8-6+. The molecule has 0 aromatic rings. The molecule has 0 aromatic heterocycles. The molecule has 0 spiro atoms. The number of hydrogen-bond acceptors (Lipinski definition) is 3. The van der Waals surface area contributed by atoms with E-state index in [4.69, 9.17) is 14.6 Å². The first-order valence-corrected chi connectivity index (χ1v) is 8.92. The van der Waals surface area contributed by atoms with Crippen LogP contribution in [-0.4, -0.2) is 31.2 Å². The predicted octanol–water partition coefficient (Wildman–Crippen LogP) is 4.59. The molecule has 0 radical (unpaired) electrons.